The molecule has 0 spiro atoms. The molecule has 0 aliphatic carbocycles. The molecule has 0 amide bonds. The Hall–Kier alpha value is -0.0800. The van der Waals surface area contributed by atoms with E-state index < -0.39 is 0 Å². The van der Waals surface area contributed by atoms with Gasteiger partial charge in [-0.2, -0.15) is 0 Å². The lowest BCUT2D eigenvalue weighted by molar-refractivity contribution is 0.192. The lowest BCUT2D eigenvalue weighted by atomic mass is 9.94. The number of piperidine rings is 1. The van der Waals surface area contributed by atoms with E-state index in [2.05, 4.69) is 30.7 Å². The van der Waals surface area contributed by atoms with E-state index in [0.717, 1.165) is 5.92 Å². The predicted molar refractivity (Wildman–Crippen MR) is 67.2 cm³/mol. The predicted octanol–water partition coefficient (Wildman–Crippen LogP) is 2.45. The first-order chi connectivity index (χ1) is 7.26. The SMILES string of the molecule is CCN(CC)CCCC1CCCN(C)C1. The molecule has 0 aromatic rings. The summed E-state index contributed by atoms with van der Waals surface area (Å²) in [5.74, 6) is 0.972. The van der Waals surface area contributed by atoms with Crippen LogP contribution in [0.5, 0.6) is 0 Å². The monoisotopic (exact) mass is 212 g/mol. The maximum absolute atomic E-state index is 2.53. The van der Waals surface area contributed by atoms with E-state index in [0.29, 0.717) is 0 Å². The third-order valence-electron chi connectivity index (χ3n) is 3.70. The molecule has 2 nitrogen and oxygen atoms in total. The van der Waals surface area contributed by atoms with Crippen molar-refractivity contribution in [2.24, 2.45) is 5.92 Å². The number of hydrogen-bond acceptors (Lipinski definition) is 2. The third kappa shape index (κ3) is 4.98. The Bertz CT molecular complexity index is 155. The van der Waals surface area contributed by atoms with E-state index in [1.807, 2.05) is 0 Å². The molecule has 1 aliphatic rings. The van der Waals surface area contributed by atoms with Crippen LogP contribution in [-0.2, 0) is 0 Å². The van der Waals surface area contributed by atoms with Gasteiger partial charge < -0.3 is 9.80 Å². The Kier molecular flexibility index (Phi) is 6.26. The van der Waals surface area contributed by atoms with Crippen molar-refractivity contribution in [3.05, 3.63) is 0 Å². The van der Waals surface area contributed by atoms with Crippen LogP contribution >= 0.6 is 0 Å². The smallest absolute Gasteiger partial charge is 0.000662 e. The largest absolute Gasteiger partial charge is 0.306 e. The Labute approximate surface area is 95.6 Å². The molecular weight excluding hydrogens is 184 g/mol. The summed E-state index contributed by atoms with van der Waals surface area (Å²) in [7, 11) is 2.26. The minimum atomic E-state index is 0.972. The van der Waals surface area contributed by atoms with Gasteiger partial charge in [-0.25, -0.2) is 0 Å². The molecule has 1 atom stereocenters. The van der Waals surface area contributed by atoms with Crippen molar-refractivity contribution in [1.29, 1.82) is 0 Å². The minimum Gasteiger partial charge on any atom is -0.306 e. The number of hydrogen-bond donors (Lipinski definition) is 0. The van der Waals surface area contributed by atoms with Crippen molar-refractivity contribution in [2.45, 2.75) is 39.5 Å². The highest BCUT2D eigenvalue weighted by molar-refractivity contribution is 4.71. The zero-order valence-corrected chi connectivity index (χ0v) is 10.8. The Morgan fingerprint density at radius 3 is 2.60 bits per heavy atom. The highest BCUT2D eigenvalue weighted by atomic mass is 15.1. The molecule has 0 aromatic heterocycles. The minimum absolute atomic E-state index is 0.972. The van der Waals surface area contributed by atoms with Gasteiger partial charge in [0, 0.05) is 6.54 Å². The number of nitrogens with zero attached hydrogens (tertiary/aromatic N) is 2. The van der Waals surface area contributed by atoms with E-state index in [4.69, 9.17) is 0 Å². The van der Waals surface area contributed by atoms with Crippen molar-refractivity contribution in [3.63, 3.8) is 0 Å². The van der Waals surface area contributed by atoms with Gasteiger partial charge in [-0.1, -0.05) is 13.8 Å². The molecule has 1 saturated heterocycles. The van der Waals surface area contributed by atoms with E-state index in [1.165, 1.54) is 58.4 Å². The molecule has 1 rings (SSSR count). The fourth-order valence-corrected chi connectivity index (χ4v) is 2.65. The van der Waals surface area contributed by atoms with Gasteiger partial charge in [0.05, 0.1) is 0 Å². The van der Waals surface area contributed by atoms with E-state index in [-0.39, 0.29) is 0 Å². The summed E-state index contributed by atoms with van der Waals surface area (Å²) in [5, 5.41) is 0. The van der Waals surface area contributed by atoms with Gasteiger partial charge in [-0.05, 0) is 64.8 Å². The summed E-state index contributed by atoms with van der Waals surface area (Å²) in [4.78, 5) is 5.03. The Balaban J connectivity index is 2.08. The first-order valence-corrected chi connectivity index (χ1v) is 6.67. The topological polar surface area (TPSA) is 6.48 Å². The summed E-state index contributed by atoms with van der Waals surface area (Å²) < 4.78 is 0. The van der Waals surface area contributed by atoms with Crippen LogP contribution in [0.1, 0.15) is 39.5 Å². The van der Waals surface area contributed by atoms with Crippen molar-refractivity contribution < 1.29 is 0 Å². The molecule has 0 radical (unpaired) electrons. The standard InChI is InChI=1S/C13H28N2/c1-4-15(5-2)11-7-9-13-8-6-10-14(3)12-13/h13H,4-12H2,1-3H3. The molecule has 90 valence electrons. The van der Waals surface area contributed by atoms with Crippen LogP contribution in [-0.4, -0.2) is 49.6 Å². The van der Waals surface area contributed by atoms with Gasteiger partial charge in [0.1, 0.15) is 0 Å². The van der Waals surface area contributed by atoms with Crippen LogP contribution in [0.2, 0.25) is 0 Å². The summed E-state index contributed by atoms with van der Waals surface area (Å²) in [6.45, 7) is 10.9. The Morgan fingerprint density at radius 1 is 1.27 bits per heavy atom. The number of likely N-dealkylation sites (tertiary alicyclic amines) is 1. The van der Waals surface area contributed by atoms with Crippen molar-refractivity contribution in [3.8, 4) is 0 Å². The number of rotatable bonds is 6. The second-order valence-corrected chi connectivity index (χ2v) is 4.94. The maximum atomic E-state index is 2.53. The van der Waals surface area contributed by atoms with Crippen LogP contribution in [0.4, 0.5) is 0 Å². The van der Waals surface area contributed by atoms with Crippen molar-refractivity contribution >= 4 is 0 Å². The molecule has 2 heteroatoms. The van der Waals surface area contributed by atoms with Crippen LogP contribution in [0.25, 0.3) is 0 Å². The normalized spacial score (nSPS) is 23.6. The summed E-state index contributed by atoms with van der Waals surface area (Å²) >= 11 is 0. The van der Waals surface area contributed by atoms with Crippen LogP contribution in [0, 0.1) is 5.92 Å². The molecule has 1 heterocycles. The summed E-state index contributed by atoms with van der Waals surface area (Å²) in [6.07, 6.45) is 5.69. The molecule has 0 saturated carbocycles. The summed E-state index contributed by atoms with van der Waals surface area (Å²) in [6, 6.07) is 0. The quantitative estimate of drug-likeness (QED) is 0.667. The summed E-state index contributed by atoms with van der Waals surface area (Å²) in [5.41, 5.74) is 0. The van der Waals surface area contributed by atoms with Crippen molar-refractivity contribution in [1.82, 2.24) is 9.80 Å². The van der Waals surface area contributed by atoms with Gasteiger partial charge in [0.15, 0.2) is 0 Å². The molecule has 1 fully saturated rings. The highest BCUT2D eigenvalue weighted by Gasteiger charge is 2.16. The molecule has 1 aliphatic heterocycles. The molecule has 0 bridgehead atoms. The average Bonchev–Trinajstić information content (AvgIpc) is 2.25. The molecule has 15 heavy (non-hydrogen) atoms. The van der Waals surface area contributed by atoms with Gasteiger partial charge in [-0.15, -0.1) is 0 Å². The van der Waals surface area contributed by atoms with Gasteiger partial charge >= 0.3 is 0 Å². The average molecular weight is 212 g/mol. The van der Waals surface area contributed by atoms with E-state index >= 15 is 0 Å². The maximum Gasteiger partial charge on any atom is 0.000662 e. The van der Waals surface area contributed by atoms with Crippen LogP contribution in [0.3, 0.4) is 0 Å². The van der Waals surface area contributed by atoms with E-state index in [9.17, 15) is 0 Å². The van der Waals surface area contributed by atoms with Gasteiger partial charge in [0.2, 0.25) is 0 Å². The zero-order chi connectivity index (χ0) is 11.1. The fourth-order valence-electron chi connectivity index (χ4n) is 2.65. The first-order valence-electron chi connectivity index (χ1n) is 6.67. The molecule has 1 unspecified atom stereocenters. The third-order valence-corrected chi connectivity index (χ3v) is 3.70. The van der Waals surface area contributed by atoms with Crippen molar-refractivity contribution in [2.75, 3.05) is 39.8 Å². The zero-order valence-electron chi connectivity index (χ0n) is 10.8. The first kappa shape index (κ1) is 13.0. The lowest BCUT2D eigenvalue weighted by Gasteiger charge is -2.30. The molecular formula is C13H28N2. The lowest BCUT2D eigenvalue weighted by Crippen LogP contribution is -2.32. The van der Waals surface area contributed by atoms with E-state index in [1.54, 1.807) is 0 Å². The fraction of sp³-hybridized carbons (Fsp3) is 1.00. The highest BCUT2D eigenvalue weighted by Crippen LogP contribution is 2.19. The second kappa shape index (κ2) is 7.24. The Morgan fingerprint density at radius 2 is 2.00 bits per heavy atom. The second-order valence-electron chi connectivity index (χ2n) is 4.94. The van der Waals surface area contributed by atoms with Gasteiger partial charge in [0.25, 0.3) is 0 Å². The van der Waals surface area contributed by atoms with Gasteiger partial charge in [-0.3, -0.25) is 0 Å². The van der Waals surface area contributed by atoms with Crippen LogP contribution in [0.15, 0.2) is 0 Å². The molecule has 0 N–H and O–H groups in total. The van der Waals surface area contributed by atoms with Crippen LogP contribution < -0.4 is 0 Å². The molecule has 0 aromatic carbocycles.